The zero-order valence-corrected chi connectivity index (χ0v) is 16.7. The van der Waals surface area contributed by atoms with Gasteiger partial charge in [-0.25, -0.2) is 0 Å². The highest BCUT2D eigenvalue weighted by Gasteiger charge is 2.24. The highest BCUT2D eigenvalue weighted by atomic mass is 16.5. The summed E-state index contributed by atoms with van der Waals surface area (Å²) in [6.45, 7) is 5.68. The van der Waals surface area contributed by atoms with Crippen molar-refractivity contribution in [3.63, 3.8) is 0 Å². The number of piperidine rings is 1. The van der Waals surface area contributed by atoms with E-state index >= 15 is 0 Å². The van der Waals surface area contributed by atoms with Crippen LogP contribution in [-0.4, -0.2) is 41.1 Å². The topological polar surface area (TPSA) is 42.4 Å². The third kappa shape index (κ3) is 4.02. The number of fused-ring (bicyclic) bond motifs is 1. The van der Waals surface area contributed by atoms with E-state index in [0.717, 1.165) is 37.9 Å². The fraction of sp³-hybridized carbons (Fsp3) is 0.417. The number of hydrogen-bond acceptors (Lipinski definition) is 3. The maximum absolute atomic E-state index is 11.8. The number of likely N-dealkylation sites (tertiary alicyclic amines) is 1. The Hall–Kier alpha value is -2.46. The third-order valence-electron chi connectivity index (χ3n) is 5.70. The van der Waals surface area contributed by atoms with Crippen LogP contribution in [0.25, 0.3) is 16.5 Å². The average Bonchev–Trinajstić information content (AvgIpc) is 2.73. The molecule has 1 unspecified atom stereocenters. The fourth-order valence-corrected chi connectivity index (χ4v) is 4.18. The van der Waals surface area contributed by atoms with Gasteiger partial charge in [-0.1, -0.05) is 37.3 Å². The van der Waals surface area contributed by atoms with Crippen molar-refractivity contribution in [1.82, 2.24) is 9.88 Å². The molecule has 2 aromatic rings. The highest BCUT2D eigenvalue weighted by molar-refractivity contribution is 5.95. The van der Waals surface area contributed by atoms with E-state index in [4.69, 9.17) is 4.74 Å². The van der Waals surface area contributed by atoms with Crippen LogP contribution in [0, 0.1) is 6.92 Å². The standard InChI is InChI=1S/C24H28N2O2/c1-3-24(27)26-13-10-20(11-14-26)28-19-8-6-18(7-9-19)22-15-17(2)16-23-21(22)5-4-12-25-23/h4-8,12,15-16,19-20H,3,9-11,13-14H2,1-2H3. The molecule has 0 saturated carbocycles. The largest absolute Gasteiger partial charge is 0.370 e. The normalized spacial score (nSPS) is 20.4. The van der Waals surface area contributed by atoms with E-state index in [1.54, 1.807) is 0 Å². The predicted molar refractivity (Wildman–Crippen MR) is 113 cm³/mol. The zero-order valence-electron chi connectivity index (χ0n) is 16.7. The van der Waals surface area contributed by atoms with Crippen LogP contribution >= 0.6 is 0 Å². The van der Waals surface area contributed by atoms with Gasteiger partial charge in [0.15, 0.2) is 0 Å². The molecule has 1 aromatic carbocycles. The summed E-state index contributed by atoms with van der Waals surface area (Å²) >= 11 is 0. The number of benzene rings is 1. The lowest BCUT2D eigenvalue weighted by atomic mass is 9.93. The molecule has 4 rings (SSSR count). The van der Waals surface area contributed by atoms with E-state index in [2.05, 4.69) is 48.3 Å². The van der Waals surface area contributed by atoms with Gasteiger partial charge in [-0.15, -0.1) is 0 Å². The molecular formula is C24H28N2O2. The van der Waals surface area contributed by atoms with E-state index in [1.807, 2.05) is 24.1 Å². The quantitative estimate of drug-likeness (QED) is 0.778. The number of amides is 1. The van der Waals surface area contributed by atoms with Gasteiger partial charge < -0.3 is 9.64 Å². The summed E-state index contributed by atoms with van der Waals surface area (Å²) in [7, 11) is 0. The molecule has 0 bridgehead atoms. The number of allylic oxidation sites excluding steroid dienone is 2. The van der Waals surface area contributed by atoms with E-state index < -0.39 is 0 Å². The summed E-state index contributed by atoms with van der Waals surface area (Å²) in [5.74, 6) is 0.253. The molecule has 1 amide bonds. The molecule has 1 atom stereocenters. The fourth-order valence-electron chi connectivity index (χ4n) is 4.18. The van der Waals surface area contributed by atoms with Gasteiger partial charge in [0, 0.05) is 31.1 Å². The molecule has 0 N–H and O–H groups in total. The van der Waals surface area contributed by atoms with Gasteiger partial charge >= 0.3 is 0 Å². The van der Waals surface area contributed by atoms with Crippen LogP contribution in [-0.2, 0) is 9.53 Å². The van der Waals surface area contributed by atoms with E-state index in [-0.39, 0.29) is 18.1 Å². The number of nitrogens with zero attached hydrogens (tertiary/aromatic N) is 2. The van der Waals surface area contributed by atoms with Crippen molar-refractivity contribution in [2.24, 2.45) is 0 Å². The number of aryl methyl sites for hydroxylation is 1. The number of hydrogen-bond donors (Lipinski definition) is 0. The molecule has 2 heterocycles. The van der Waals surface area contributed by atoms with Gasteiger partial charge in [-0.05, 0) is 55.0 Å². The second-order valence-electron chi connectivity index (χ2n) is 7.75. The molecule has 4 heteroatoms. The highest BCUT2D eigenvalue weighted by Crippen LogP contribution is 2.30. The minimum absolute atomic E-state index is 0.122. The van der Waals surface area contributed by atoms with Crippen molar-refractivity contribution in [2.75, 3.05) is 13.1 Å². The van der Waals surface area contributed by atoms with Gasteiger partial charge in [0.25, 0.3) is 0 Å². The van der Waals surface area contributed by atoms with Crippen molar-refractivity contribution >= 4 is 22.4 Å². The number of pyridine rings is 1. The maximum Gasteiger partial charge on any atom is 0.222 e. The lowest BCUT2D eigenvalue weighted by Gasteiger charge is -2.33. The monoisotopic (exact) mass is 376 g/mol. The van der Waals surface area contributed by atoms with Crippen LogP contribution in [0.5, 0.6) is 0 Å². The second kappa shape index (κ2) is 8.27. The number of rotatable bonds is 4. The Balaban J connectivity index is 1.40. The SMILES string of the molecule is CCC(=O)N1CCC(OC2C=CC(c3cc(C)cc4ncccc34)=CC2)CC1. The first kappa shape index (κ1) is 18.9. The molecule has 28 heavy (non-hydrogen) atoms. The molecule has 1 fully saturated rings. The molecule has 146 valence electrons. The van der Waals surface area contributed by atoms with Gasteiger partial charge in [0.2, 0.25) is 5.91 Å². The van der Waals surface area contributed by atoms with Crippen LogP contribution in [0.1, 0.15) is 43.7 Å². The van der Waals surface area contributed by atoms with Crippen molar-refractivity contribution in [2.45, 2.75) is 51.7 Å². The predicted octanol–water partition coefficient (Wildman–Crippen LogP) is 4.67. The molecule has 2 aliphatic rings. The van der Waals surface area contributed by atoms with Crippen LogP contribution < -0.4 is 0 Å². The molecular weight excluding hydrogens is 348 g/mol. The molecule has 1 aliphatic heterocycles. The molecule has 0 radical (unpaired) electrons. The van der Waals surface area contributed by atoms with Gasteiger partial charge in [-0.3, -0.25) is 9.78 Å². The summed E-state index contributed by atoms with van der Waals surface area (Å²) in [4.78, 5) is 18.3. The summed E-state index contributed by atoms with van der Waals surface area (Å²) in [5, 5.41) is 1.19. The van der Waals surface area contributed by atoms with Gasteiger partial charge in [0.05, 0.1) is 17.7 Å². The Labute approximate surface area is 166 Å². The number of ether oxygens (including phenoxy) is 1. The summed E-state index contributed by atoms with van der Waals surface area (Å²) in [5.41, 5.74) is 4.75. The van der Waals surface area contributed by atoms with Crippen molar-refractivity contribution < 1.29 is 9.53 Å². The van der Waals surface area contributed by atoms with Gasteiger partial charge in [0.1, 0.15) is 0 Å². The van der Waals surface area contributed by atoms with Crippen LogP contribution in [0.2, 0.25) is 0 Å². The first-order valence-corrected chi connectivity index (χ1v) is 10.3. The Morgan fingerprint density at radius 2 is 2.11 bits per heavy atom. The van der Waals surface area contributed by atoms with E-state index in [0.29, 0.717) is 6.42 Å². The third-order valence-corrected chi connectivity index (χ3v) is 5.70. The van der Waals surface area contributed by atoms with Crippen molar-refractivity contribution in [3.8, 4) is 0 Å². The lowest BCUT2D eigenvalue weighted by molar-refractivity contribution is -0.133. The van der Waals surface area contributed by atoms with Crippen LogP contribution in [0.15, 0.2) is 48.7 Å². The minimum Gasteiger partial charge on any atom is -0.370 e. The molecule has 1 saturated heterocycles. The first-order valence-electron chi connectivity index (χ1n) is 10.3. The van der Waals surface area contributed by atoms with Crippen LogP contribution in [0.3, 0.4) is 0 Å². The molecule has 4 nitrogen and oxygen atoms in total. The lowest BCUT2D eigenvalue weighted by Crippen LogP contribution is -2.41. The Morgan fingerprint density at radius 1 is 1.29 bits per heavy atom. The molecule has 0 spiro atoms. The molecule has 1 aliphatic carbocycles. The number of aromatic nitrogens is 1. The summed E-state index contributed by atoms with van der Waals surface area (Å²) in [6.07, 6.45) is 12.2. The summed E-state index contributed by atoms with van der Waals surface area (Å²) < 4.78 is 6.31. The smallest absolute Gasteiger partial charge is 0.222 e. The van der Waals surface area contributed by atoms with Gasteiger partial charge in [-0.2, -0.15) is 0 Å². The van der Waals surface area contributed by atoms with Crippen LogP contribution in [0.4, 0.5) is 0 Å². The Bertz CT molecular complexity index is 923. The second-order valence-corrected chi connectivity index (χ2v) is 7.75. The average molecular weight is 377 g/mol. The first-order chi connectivity index (χ1) is 13.6. The maximum atomic E-state index is 11.8. The zero-order chi connectivity index (χ0) is 19.5. The summed E-state index contributed by atoms with van der Waals surface area (Å²) in [6, 6.07) is 8.50. The minimum atomic E-state index is 0.122. The van der Waals surface area contributed by atoms with E-state index in [9.17, 15) is 4.79 Å². The van der Waals surface area contributed by atoms with E-state index in [1.165, 1.54) is 22.1 Å². The Kier molecular flexibility index (Phi) is 5.58. The molecule has 1 aromatic heterocycles. The van der Waals surface area contributed by atoms with Crippen molar-refractivity contribution in [3.05, 3.63) is 59.8 Å². The van der Waals surface area contributed by atoms with Crippen molar-refractivity contribution in [1.29, 1.82) is 0 Å². The Morgan fingerprint density at radius 3 is 2.82 bits per heavy atom. The number of carbonyl (C=O) groups excluding carboxylic acids is 1. The number of carbonyl (C=O) groups is 1.